The number of carbonyl (C=O) groups is 1. The number of aryl methyl sites for hydroxylation is 1. The molecule has 1 atom stereocenters. The van der Waals surface area contributed by atoms with Gasteiger partial charge in [-0.3, -0.25) is 9.59 Å². The first kappa shape index (κ1) is 27.2. The second-order valence-electron chi connectivity index (χ2n) is 8.84. The quantitative estimate of drug-likeness (QED) is 0.308. The van der Waals surface area contributed by atoms with Crippen LogP contribution in [0.15, 0.2) is 51.7 Å². The van der Waals surface area contributed by atoms with Gasteiger partial charge in [-0.25, -0.2) is 26.9 Å². The van der Waals surface area contributed by atoms with Crippen LogP contribution in [-0.4, -0.2) is 25.6 Å². The van der Waals surface area contributed by atoms with Gasteiger partial charge >= 0.3 is 0 Å². The zero-order valence-electron chi connectivity index (χ0n) is 20.6. The molecule has 0 saturated carbocycles. The minimum absolute atomic E-state index is 0.0273. The summed E-state index contributed by atoms with van der Waals surface area (Å²) in [6, 6.07) is 8.94. The van der Waals surface area contributed by atoms with Gasteiger partial charge in [0.05, 0.1) is 23.4 Å². The minimum Gasteiger partial charge on any atom is -0.455 e. The average Bonchev–Trinajstić information content (AvgIpc) is 2.83. The molecule has 1 amide bonds. The molecule has 8 nitrogen and oxygen atoms in total. The monoisotopic (exact) mass is 561 g/mol. The number of fused-ring (bicyclic) bond motifs is 1. The molecule has 12 heteroatoms. The Hall–Kier alpha value is -3.83. The number of halogens is 3. The van der Waals surface area contributed by atoms with Gasteiger partial charge in [-0.15, -0.1) is 0 Å². The molecule has 2 heterocycles. The maximum atomic E-state index is 14.0. The Morgan fingerprint density at radius 2 is 1.79 bits per heavy atom. The Bertz CT molecular complexity index is 1770. The number of rotatable bonds is 6. The third kappa shape index (κ3) is 5.53. The van der Waals surface area contributed by atoms with E-state index in [0.29, 0.717) is 5.56 Å². The fourth-order valence-corrected chi connectivity index (χ4v) is 4.64. The van der Waals surface area contributed by atoms with E-state index in [2.05, 4.69) is 10.3 Å². The maximum absolute atomic E-state index is 14.0. The molecule has 0 unspecified atom stereocenters. The van der Waals surface area contributed by atoms with Crippen LogP contribution in [0.3, 0.4) is 0 Å². The van der Waals surface area contributed by atoms with Crippen LogP contribution in [0, 0.1) is 25.5 Å². The van der Waals surface area contributed by atoms with Crippen LogP contribution in [0.1, 0.15) is 40.1 Å². The van der Waals surface area contributed by atoms with Gasteiger partial charge < -0.3 is 9.73 Å². The molecule has 4 aromatic rings. The molecule has 198 valence electrons. The lowest BCUT2D eigenvalue weighted by Gasteiger charge is -2.20. The van der Waals surface area contributed by atoms with Crippen LogP contribution < -0.4 is 15.5 Å². The summed E-state index contributed by atoms with van der Waals surface area (Å²) in [6.07, 6.45) is 0.832. The Labute approximate surface area is 221 Å². The fourth-order valence-electron chi connectivity index (χ4n) is 4.05. The number of nitrogens with one attached hydrogen (secondary N) is 2. The van der Waals surface area contributed by atoms with Crippen molar-refractivity contribution >= 4 is 44.2 Å². The maximum Gasteiger partial charge on any atom is 0.285 e. The highest BCUT2D eigenvalue weighted by molar-refractivity contribution is 7.89. The van der Waals surface area contributed by atoms with E-state index in [-0.39, 0.29) is 49.8 Å². The number of hydrogen-bond acceptors (Lipinski definition) is 7. The zero-order valence-corrected chi connectivity index (χ0v) is 22.2. The normalized spacial score (nSPS) is 12.4. The summed E-state index contributed by atoms with van der Waals surface area (Å²) in [5.74, 6) is -3.02. The molecule has 0 bridgehead atoms. The van der Waals surface area contributed by atoms with Crippen LogP contribution in [0.25, 0.3) is 22.3 Å². The molecule has 2 N–H and O–H groups in total. The summed E-state index contributed by atoms with van der Waals surface area (Å²) in [6.45, 7) is 5.07. The number of aromatic nitrogens is 1. The first-order chi connectivity index (χ1) is 17.7. The summed E-state index contributed by atoms with van der Waals surface area (Å²) in [5, 5.41) is 3.35. The Morgan fingerprint density at radius 1 is 1.08 bits per heavy atom. The predicted molar refractivity (Wildman–Crippen MR) is 141 cm³/mol. The Kier molecular flexibility index (Phi) is 7.26. The largest absolute Gasteiger partial charge is 0.455 e. The smallest absolute Gasteiger partial charge is 0.285 e. The van der Waals surface area contributed by atoms with Crippen molar-refractivity contribution in [3.63, 3.8) is 0 Å². The van der Waals surface area contributed by atoms with Crippen molar-refractivity contribution in [3.8, 4) is 11.3 Å². The van der Waals surface area contributed by atoms with Crippen LogP contribution in [0.5, 0.6) is 0 Å². The van der Waals surface area contributed by atoms with E-state index in [0.717, 1.165) is 24.0 Å². The van der Waals surface area contributed by atoms with Crippen molar-refractivity contribution in [2.24, 2.45) is 0 Å². The first-order valence-corrected chi connectivity index (χ1v) is 13.5. The van der Waals surface area contributed by atoms with Gasteiger partial charge in [-0.2, -0.15) is 0 Å². The van der Waals surface area contributed by atoms with Crippen LogP contribution >= 0.6 is 11.6 Å². The number of amides is 1. The molecule has 0 radical (unpaired) electrons. The van der Waals surface area contributed by atoms with E-state index < -0.39 is 33.6 Å². The van der Waals surface area contributed by atoms with E-state index >= 15 is 0 Å². The van der Waals surface area contributed by atoms with Crippen LogP contribution in [-0.2, 0) is 10.0 Å². The number of pyridine rings is 1. The average molecular weight is 562 g/mol. The van der Waals surface area contributed by atoms with Crippen molar-refractivity contribution in [1.29, 1.82) is 0 Å². The number of benzene rings is 2. The summed E-state index contributed by atoms with van der Waals surface area (Å²) in [5.41, 5.74) is 1.46. The third-order valence-electron chi connectivity index (χ3n) is 5.77. The predicted octanol–water partition coefficient (Wildman–Crippen LogP) is 5.27. The molecule has 0 fully saturated rings. The highest BCUT2D eigenvalue weighted by Crippen LogP contribution is 2.33. The van der Waals surface area contributed by atoms with Gasteiger partial charge in [0.15, 0.2) is 22.8 Å². The molecule has 2 aromatic heterocycles. The third-order valence-corrected chi connectivity index (χ3v) is 6.53. The number of sulfonamides is 1. The molecule has 2 aromatic carbocycles. The van der Waals surface area contributed by atoms with Gasteiger partial charge in [-0.05, 0) is 62.7 Å². The zero-order chi connectivity index (χ0) is 27.9. The number of hydrogen-bond donors (Lipinski definition) is 2. The van der Waals surface area contributed by atoms with E-state index in [1.165, 1.54) is 25.1 Å². The van der Waals surface area contributed by atoms with E-state index in [9.17, 15) is 26.8 Å². The van der Waals surface area contributed by atoms with E-state index in [4.69, 9.17) is 16.0 Å². The van der Waals surface area contributed by atoms with E-state index in [1.807, 2.05) is 4.72 Å². The molecular formula is C26H22ClF2N3O5S. The summed E-state index contributed by atoms with van der Waals surface area (Å²) in [4.78, 5) is 29.8. The molecule has 0 aliphatic carbocycles. The minimum atomic E-state index is -3.87. The molecule has 38 heavy (non-hydrogen) atoms. The molecule has 0 saturated heterocycles. The molecule has 0 aliphatic heterocycles. The summed E-state index contributed by atoms with van der Waals surface area (Å²) >= 11 is 5.95. The van der Waals surface area contributed by atoms with Crippen molar-refractivity contribution in [1.82, 2.24) is 9.71 Å². The highest BCUT2D eigenvalue weighted by Gasteiger charge is 2.23. The summed E-state index contributed by atoms with van der Waals surface area (Å²) < 4.78 is 58.7. The molecule has 0 aliphatic rings. The standard InChI is InChI=1S/C26H22ClF2N3O5S/c1-12-9-16(14(3)30-20-7-8-21(27)31-22(20)26(34)32-38(4,35)36)25-17(10-12)23(33)13(2)24(37-25)15-5-6-18(28)19(29)11-15/h5-11,14,30H,1-4H3,(H,32,34)/t14-/m1/s1. The lowest BCUT2D eigenvalue weighted by Crippen LogP contribution is -2.31. The Balaban J connectivity index is 1.85. The second-order valence-corrected chi connectivity index (χ2v) is 11.0. The second kappa shape index (κ2) is 10.1. The van der Waals surface area contributed by atoms with Gasteiger partial charge in [0, 0.05) is 16.7 Å². The number of anilines is 1. The van der Waals surface area contributed by atoms with Crippen molar-refractivity contribution in [2.75, 3.05) is 11.6 Å². The number of nitrogens with zero attached hydrogens (tertiary/aromatic N) is 1. The first-order valence-electron chi connectivity index (χ1n) is 11.2. The van der Waals surface area contributed by atoms with Crippen molar-refractivity contribution < 1.29 is 26.4 Å². The van der Waals surface area contributed by atoms with Gasteiger partial charge in [0.1, 0.15) is 16.5 Å². The molecular weight excluding hydrogens is 540 g/mol. The lowest BCUT2D eigenvalue weighted by molar-refractivity contribution is 0.0977. The highest BCUT2D eigenvalue weighted by atomic mass is 35.5. The van der Waals surface area contributed by atoms with E-state index in [1.54, 1.807) is 26.0 Å². The van der Waals surface area contributed by atoms with Gasteiger partial charge in [0.2, 0.25) is 10.0 Å². The fraction of sp³-hybridized carbons (Fsp3) is 0.192. The Morgan fingerprint density at radius 3 is 2.45 bits per heavy atom. The van der Waals surface area contributed by atoms with Crippen LogP contribution in [0.4, 0.5) is 14.5 Å². The molecule has 0 spiro atoms. The topological polar surface area (TPSA) is 118 Å². The van der Waals surface area contributed by atoms with Crippen molar-refractivity contribution in [3.05, 3.63) is 91.9 Å². The lowest BCUT2D eigenvalue weighted by atomic mass is 9.98. The van der Waals surface area contributed by atoms with Gasteiger partial charge in [-0.1, -0.05) is 17.7 Å². The SMILES string of the molecule is Cc1cc([C@@H](C)Nc2ccc(Cl)nc2C(=O)NS(C)(=O)=O)c2oc(-c3ccc(F)c(F)c3)c(C)c(=O)c2c1. The van der Waals surface area contributed by atoms with Gasteiger partial charge in [0.25, 0.3) is 5.91 Å². The van der Waals surface area contributed by atoms with Crippen molar-refractivity contribution in [2.45, 2.75) is 26.8 Å². The molecule has 4 rings (SSSR count). The summed E-state index contributed by atoms with van der Waals surface area (Å²) in [7, 11) is -3.87. The van der Waals surface area contributed by atoms with Crippen LogP contribution in [0.2, 0.25) is 5.15 Å². The number of carbonyl (C=O) groups excluding carboxylic acids is 1.